The molecule has 1 N–H and O–H groups in total. The Labute approximate surface area is 251 Å². The average Bonchev–Trinajstić information content (AvgIpc) is 3.36. The molecule has 0 saturated carbocycles. The van der Waals surface area contributed by atoms with E-state index < -0.39 is 0 Å². The molecule has 0 fully saturated rings. The molecule has 41 heavy (non-hydrogen) atoms. The van der Waals surface area contributed by atoms with Crippen LogP contribution in [0.2, 0.25) is 0 Å². The van der Waals surface area contributed by atoms with Gasteiger partial charge in [-0.15, -0.1) is 0 Å². The van der Waals surface area contributed by atoms with Gasteiger partial charge in [0, 0.05) is 12.5 Å². The number of amides is 1. The van der Waals surface area contributed by atoms with E-state index in [1.54, 1.807) is 24.3 Å². The number of hydrogen-bond donors (Lipinski definition) is 1. The van der Waals surface area contributed by atoms with Crippen molar-refractivity contribution in [3.63, 3.8) is 0 Å². The third kappa shape index (κ3) is 11.8. The molecule has 0 saturated heterocycles. The maximum absolute atomic E-state index is 12.9. The second-order valence-corrected chi connectivity index (χ2v) is 11.9. The normalized spacial score (nSPS) is 11.0. The van der Waals surface area contributed by atoms with E-state index in [0.29, 0.717) is 24.5 Å². The molecule has 0 radical (unpaired) electrons. The van der Waals surface area contributed by atoms with Gasteiger partial charge in [-0.2, -0.15) is 4.57 Å². The van der Waals surface area contributed by atoms with E-state index in [9.17, 15) is 9.59 Å². The molecule has 0 spiro atoms. The number of aromatic nitrogens is 1. The zero-order chi connectivity index (χ0) is 29.3. The number of nitrogens with one attached hydrogen (secondary N) is 1. The van der Waals surface area contributed by atoms with E-state index in [2.05, 4.69) is 34.6 Å². The summed E-state index contributed by atoms with van der Waals surface area (Å²) in [6, 6.07) is 13.4. The molecule has 0 bridgehead atoms. The van der Waals surface area contributed by atoms with Crippen molar-refractivity contribution in [2.24, 2.45) is 0 Å². The minimum absolute atomic E-state index is 0.0505. The van der Waals surface area contributed by atoms with Gasteiger partial charge >= 0.3 is 0 Å². The van der Waals surface area contributed by atoms with E-state index in [0.717, 1.165) is 29.7 Å². The highest BCUT2D eigenvalue weighted by Gasteiger charge is 2.15. The first-order valence-electron chi connectivity index (χ1n) is 15.5. The lowest BCUT2D eigenvalue weighted by atomic mass is 10.0. The molecular weight excluding hydrogens is 528 g/mol. The molecule has 3 aromatic rings. The van der Waals surface area contributed by atoms with Crippen LogP contribution in [0.15, 0.2) is 53.4 Å². The standard InChI is InChI=1S/C35H48N2O3S/c1-4-5-6-7-8-9-10-11-12-13-14-17-22-40-34-21-20-30(23-32(34)29(3)38)24-35(39)36-33-19-16-15-18-31(33)25-37-27-41-26-28(37)2/h15-16,18-21,23,26-27H,4-14,17,22,24-25H2,1-3H3/p+1. The molecular formula is C35H49N2O3S+. The van der Waals surface area contributed by atoms with Crippen molar-refractivity contribution in [2.45, 2.75) is 111 Å². The summed E-state index contributed by atoms with van der Waals surface area (Å²) in [7, 11) is 0. The number of anilines is 1. The van der Waals surface area contributed by atoms with Gasteiger partial charge in [-0.05, 0) is 37.1 Å². The van der Waals surface area contributed by atoms with Crippen LogP contribution in [0, 0.1) is 6.92 Å². The maximum Gasteiger partial charge on any atom is 0.228 e. The summed E-state index contributed by atoms with van der Waals surface area (Å²) >= 11 is 1.66. The molecule has 5 nitrogen and oxygen atoms in total. The molecule has 1 heterocycles. The smallest absolute Gasteiger partial charge is 0.228 e. The monoisotopic (exact) mass is 577 g/mol. The summed E-state index contributed by atoms with van der Waals surface area (Å²) in [6.45, 7) is 7.20. The third-order valence-corrected chi connectivity index (χ3v) is 8.41. The fraction of sp³-hybridized carbons (Fsp3) is 0.514. The zero-order valence-electron chi connectivity index (χ0n) is 25.4. The van der Waals surface area contributed by atoms with E-state index in [1.165, 1.54) is 69.9 Å². The van der Waals surface area contributed by atoms with Gasteiger partial charge in [-0.3, -0.25) is 9.59 Å². The van der Waals surface area contributed by atoms with Crippen LogP contribution in [0.3, 0.4) is 0 Å². The average molecular weight is 578 g/mol. The van der Waals surface area contributed by atoms with Crippen LogP contribution in [-0.2, 0) is 17.8 Å². The van der Waals surface area contributed by atoms with Gasteiger partial charge in [-0.1, -0.05) is 113 Å². The number of unbranched alkanes of at least 4 members (excludes halogenated alkanes) is 11. The molecule has 222 valence electrons. The minimum atomic E-state index is -0.107. The number of carbonyl (C=O) groups excluding carboxylic acids is 2. The van der Waals surface area contributed by atoms with Crippen molar-refractivity contribution < 1.29 is 18.9 Å². The molecule has 0 aliphatic rings. The molecule has 0 aliphatic heterocycles. The first kappa shape index (κ1) is 32.5. The van der Waals surface area contributed by atoms with Crippen LogP contribution < -0.4 is 14.6 Å². The SMILES string of the molecule is CCCCCCCCCCCCCCOc1ccc(CC(=O)Nc2ccccc2C[n+]2cscc2C)cc1C(C)=O. The lowest BCUT2D eigenvalue weighted by molar-refractivity contribution is -0.689. The molecule has 1 amide bonds. The van der Waals surface area contributed by atoms with Gasteiger partial charge in [0.15, 0.2) is 18.0 Å². The molecule has 1 aromatic heterocycles. The topological polar surface area (TPSA) is 59.3 Å². The lowest BCUT2D eigenvalue weighted by Crippen LogP contribution is -2.34. The Morgan fingerprint density at radius 1 is 0.878 bits per heavy atom. The van der Waals surface area contributed by atoms with Crippen molar-refractivity contribution in [3.8, 4) is 5.75 Å². The second-order valence-electron chi connectivity index (χ2n) is 11.1. The van der Waals surface area contributed by atoms with Gasteiger partial charge in [-0.25, -0.2) is 0 Å². The van der Waals surface area contributed by atoms with Crippen molar-refractivity contribution in [3.05, 3.63) is 75.7 Å². The zero-order valence-corrected chi connectivity index (χ0v) is 26.2. The number of ketones is 1. The molecule has 0 unspecified atom stereocenters. The summed E-state index contributed by atoms with van der Waals surface area (Å²) < 4.78 is 8.17. The minimum Gasteiger partial charge on any atom is -0.493 e. The van der Waals surface area contributed by atoms with Gasteiger partial charge < -0.3 is 10.1 Å². The van der Waals surface area contributed by atoms with E-state index >= 15 is 0 Å². The van der Waals surface area contributed by atoms with Crippen molar-refractivity contribution in [1.82, 2.24) is 0 Å². The summed E-state index contributed by atoms with van der Waals surface area (Å²) in [6.07, 6.45) is 15.8. The first-order valence-corrected chi connectivity index (χ1v) is 16.5. The predicted octanol–water partition coefficient (Wildman–Crippen LogP) is 8.86. The van der Waals surface area contributed by atoms with Crippen LogP contribution in [0.5, 0.6) is 5.75 Å². The number of aryl methyl sites for hydroxylation is 1. The number of hydrogen-bond acceptors (Lipinski definition) is 4. The number of rotatable bonds is 20. The Kier molecular flexibility index (Phi) is 14.6. The maximum atomic E-state index is 12.9. The van der Waals surface area contributed by atoms with Gasteiger partial charge in [0.2, 0.25) is 11.4 Å². The number of para-hydroxylation sites is 1. The van der Waals surface area contributed by atoms with E-state index in [4.69, 9.17) is 4.74 Å². The first-order chi connectivity index (χ1) is 20.0. The van der Waals surface area contributed by atoms with Crippen molar-refractivity contribution >= 4 is 28.7 Å². The van der Waals surface area contributed by atoms with Crippen molar-refractivity contribution in [1.29, 1.82) is 0 Å². The van der Waals surface area contributed by atoms with Crippen LogP contribution in [-0.4, -0.2) is 18.3 Å². The highest BCUT2D eigenvalue weighted by Crippen LogP contribution is 2.23. The van der Waals surface area contributed by atoms with Crippen LogP contribution in [0.1, 0.15) is 118 Å². The number of thiazole rings is 1. The fourth-order valence-corrected chi connectivity index (χ4v) is 5.85. The summed E-state index contributed by atoms with van der Waals surface area (Å²) in [5.74, 6) is 0.452. The number of ether oxygens (including phenoxy) is 1. The predicted molar refractivity (Wildman–Crippen MR) is 170 cm³/mol. The molecule has 6 heteroatoms. The lowest BCUT2D eigenvalue weighted by Gasteiger charge is -2.13. The summed E-state index contributed by atoms with van der Waals surface area (Å²) in [5.41, 5.74) is 6.47. The number of carbonyl (C=O) groups is 2. The van der Waals surface area contributed by atoms with Crippen LogP contribution in [0.25, 0.3) is 0 Å². The Hall–Kier alpha value is -2.99. The van der Waals surface area contributed by atoms with Gasteiger partial charge in [0.05, 0.1) is 29.7 Å². The third-order valence-electron chi connectivity index (χ3n) is 7.56. The van der Waals surface area contributed by atoms with Crippen LogP contribution >= 0.6 is 11.3 Å². The largest absolute Gasteiger partial charge is 0.493 e. The van der Waals surface area contributed by atoms with Gasteiger partial charge in [0.25, 0.3) is 0 Å². The summed E-state index contributed by atoms with van der Waals surface area (Å²) in [4.78, 5) is 25.3. The fourth-order valence-electron chi connectivity index (χ4n) is 5.07. The van der Waals surface area contributed by atoms with Gasteiger partial charge in [0.1, 0.15) is 5.75 Å². The Balaban J connectivity index is 1.41. The number of Topliss-reactive ketones (excluding diaryl/α,β-unsaturated/α-hetero) is 1. The van der Waals surface area contributed by atoms with Crippen molar-refractivity contribution in [2.75, 3.05) is 11.9 Å². The molecule has 0 atom stereocenters. The van der Waals surface area contributed by atoms with Crippen LogP contribution in [0.4, 0.5) is 5.69 Å². The van der Waals surface area contributed by atoms with E-state index in [-0.39, 0.29) is 18.1 Å². The number of benzene rings is 2. The quantitative estimate of drug-likeness (QED) is 0.0829. The number of nitrogens with zero attached hydrogens (tertiary/aromatic N) is 1. The Morgan fingerprint density at radius 2 is 1.54 bits per heavy atom. The highest BCUT2D eigenvalue weighted by molar-refractivity contribution is 7.07. The molecule has 2 aromatic carbocycles. The molecule has 3 rings (SSSR count). The van der Waals surface area contributed by atoms with E-state index in [1.807, 2.05) is 36.4 Å². The molecule has 0 aliphatic carbocycles. The Morgan fingerprint density at radius 3 is 2.17 bits per heavy atom. The second kappa shape index (κ2) is 18.4. The Bertz CT molecular complexity index is 1220. The summed E-state index contributed by atoms with van der Waals surface area (Å²) in [5, 5.41) is 5.18. The highest BCUT2D eigenvalue weighted by atomic mass is 32.1.